The zero-order valence-electron chi connectivity index (χ0n) is 15.3. The van der Waals surface area contributed by atoms with Crippen molar-refractivity contribution >= 4 is 17.3 Å². The lowest BCUT2D eigenvalue weighted by molar-refractivity contribution is 0.405. The van der Waals surface area contributed by atoms with Gasteiger partial charge in [0.05, 0.1) is 0 Å². The zero-order chi connectivity index (χ0) is 18.2. The Labute approximate surface area is 155 Å². The summed E-state index contributed by atoms with van der Waals surface area (Å²) in [7, 11) is 4.17. The summed E-state index contributed by atoms with van der Waals surface area (Å²) in [6.07, 6.45) is 1.05. The number of aromatic nitrogens is 2. The molecule has 0 amide bonds. The fraction of sp³-hybridized carbons (Fsp3) is 0.238. The van der Waals surface area contributed by atoms with E-state index in [0.717, 1.165) is 42.4 Å². The molecule has 5 heteroatoms. The maximum atomic E-state index is 4.69. The van der Waals surface area contributed by atoms with Gasteiger partial charge in [-0.25, -0.2) is 9.97 Å². The van der Waals surface area contributed by atoms with E-state index in [0.29, 0.717) is 5.82 Å². The van der Waals surface area contributed by atoms with Gasteiger partial charge in [-0.2, -0.15) is 0 Å². The molecule has 0 atom stereocenters. The van der Waals surface area contributed by atoms with Crippen molar-refractivity contribution in [2.75, 3.05) is 37.8 Å². The highest BCUT2D eigenvalue weighted by Gasteiger charge is 2.07. The molecule has 5 nitrogen and oxygen atoms in total. The molecule has 3 aromatic rings. The second-order valence-corrected chi connectivity index (χ2v) is 6.40. The fourth-order valence-electron chi connectivity index (χ4n) is 2.60. The molecule has 1 aromatic heterocycles. The van der Waals surface area contributed by atoms with E-state index in [1.165, 1.54) is 0 Å². The van der Waals surface area contributed by atoms with E-state index >= 15 is 0 Å². The molecule has 134 valence electrons. The highest BCUT2D eigenvalue weighted by atomic mass is 15.1. The Kier molecular flexibility index (Phi) is 6.17. The Bertz CT molecular complexity index is 803. The predicted molar refractivity (Wildman–Crippen MR) is 109 cm³/mol. The van der Waals surface area contributed by atoms with E-state index in [1.807, 2.05) is 66.7 Å². The molecule has 0 aliphatic heterocycles. The van der Waals surface area contributed by atoms with Gasteiger partial charge in [0, 0.05) is 23.9 Å². The van der Waals surface area contributed by atoms with Crippen LogP contribution in [0.3, 0.4) is 0 Å². The zero-order valence-corrected chi connectivity index (χ0v) is 15.3. The molecule has 0 bridgehead atoms. The Morgan fingerprint density at radius 3 is 2.19 bits per heavy atom. The lowest BCUT2D eigenvalue weighted by Gasteiger charge is -2.13. The second kappa shape index (κ2) is 8.97. The van der Waals surface area contributed by atoms with Crippen LogP contribution in [0.25, 0.3) is 11.4 Å². The number of rotatable bonds is 8. The van der Waals surface area contributed by atoms with Crippen LogP contribution in [0.15, 0.2) is 66.7 Å². The van der Waals surface area contributed by atoms with Gasteiger partial charge in [-0.1, -0.05) is 48.5 Å². The lowest BCUT2D eigenvalue weighted by atomic mass is 10.2. The normalized spacial score (nSPS) is 10.7. The quantitative estimate of drug-likeness (QED) is 0.597. The Morgan fingerprint density at radius 1 is 0.846 bits per heavy atom. The van der Waals surface area contributed by atoms with Crippen LogP contribution in [0, 0.1) is 0 Å². The van der Waals surface area contributed by atoms with Gasteiger partial charge in [-0.05, 0) is 39.2 Å². The number of nitrogens with zero attached hydrogens (tertiary/aromatic N) is 3. The predicted octanol–water partition coefficient (Wildman–Crippen LogP) is 4.25. The molecule has 0 aliphatic rings. The fourth-order valence-corrected chi connectivity index (χ4v) is 2.60. The first kappa shape index (κ1) is 17.9. The van der Waals surface area contributed by atoms with E-state index in [4.69, 9.17) is 0 Å². The minimum Gasteiger partial charge on any atom is -0.370 e. The minimum absolute atomic E-state index is 0.710. The third-order valence-electron chi connectivity index (χ3n) is 3.89. The van der Waals surface area contributed by atoms with E-state index in [2.05, 4.69) is 39.6 Å². The Balaban J connectivity index is 1.82. The molecule has 0 unspecified atom stereocenters. The molecule has 0 saturated heterocycles. The summed E-state index contributed by atoms with van der Waals surface area (Å²) in [6.45, 7) is 1.91. The largest absolute Gasteiger partial charge is 0.370 e. The van der Waals surface area contributed by atoms with Gasteiger partial charge < -0.3 is 15.5 Å². The number of hydrogen-bond acceptors (Lipinski definition) is 5. The summed E-state index contributed by atoms with van der Waals surface area (Å²) in [5.41, 5.74) is 2.00. The van der Waals surface area contributed by atoms with Crippen LogP contribution in [0.2, 0.25) is 0 Å². The number of para-hydroxylation sites is 1. The molecule has 0 spiro atoms. The highest BCUT2D eigenvalue weighted by molar-refractivity contribution is 5.65. The second-order valence-electron chi connectivity index (χ2n) is 6.40. The van der Waals surface area contributed by atoms with Gasteiger partial charge in [0.1, 0.15) is 11.6 Å². The highest BCUT2D eigenvalue weighted by Crippen LogP contribution is 2.22. The van der Waals surface area contributed by atoms with Gasteiger partial charge in [0.2, 0.25) is 0 Å². The first-order valence-corrected chi connectivity index (χ1v) is 8.86. The summed E-state index contributed by atoms with van der Waals surface area (Å²) in [6, 6.07) is 22.0. The third kappa shape index (κ3) is 5.29. The Hall–Kier alpha value is -2.92. The van der Waals surface area contributed by atoms with Gasteiger partial charge in [0.25, 0.3) is 0 Å². The number of nitrogens with one attached hydrogen (secondary N) is 2. The van der Waals surface area contributed by atoms with Crippen LogP contribution in [-0.2, 0) is 0 Å². The van der Waals surface area contributed by atoms with Gasteiger partial charge in [-0.3, -0.25) is 0 Å². The topological polar surface area (TPSA) is 53.1 Å². The SMILES string of the molecule is CN(C)CCCNc1cc(Nc2ccccc2)nc(-c2ccccc2)n1. The summed E-state index contributed by atoms with van der Waals surface area (Å²) in [5, 5.41) is 6.78. The molecule has 2 aromatic carbocycles. The lowest BCUT2D eigenvalue weighted by Crippen LogP contribution is -2.16. The first-order chi connectivity index (χ1) is 12.7. The van der Waals surface area contributed by atoms with Crippen molar-refractivity contribution in [2.24, 2.45) is 0 Å². The maximum Gasteiger partial charge on any atom is 0.163 e. The monoisotopic (exact) mass is 347 g/mol. The van der Waals surface area contributed by atoms with Crippen molar-refractivity contribution in [1.29, 1.82) is 0 Å². The van der Waals surface area contributed by atoms with Crippen LogP contribution in [0.5, 0.6) is 0 Å². The minimum atomic E-state index is 0.710. The molecule has 1 heterocycles. The van der Waals surface area contributed by atoms with Crippen molar-refractivity contribution in [1.82, 2.24) is 14.9 Å². The maximum absolute atomic E-state index is 4.69. The molecule has 3 rings (SSSR count). The number of benzene rings is 2. The van der Waals surface area contributed by atoms with Crippen LogP contribution in [0.1, 0.15) is 6.42 Å². The van der Waals surface area contributed by atoms with Crippen LogP contribution in [-0.4, -0.2) is 42.1 Å². The van der Waals surface area contributed by atoms with Crippen molar-refractivity contribution in [3.8, 4) is 11.4 Å². The van der Waals surface area contributed by atoms with Crippen LogP contribution in [0.4, 0.5) is 17.3 Å². The summed E-state index contributed by atoms with van der Waals surface area (Å²) in [4.78, 5) is 11.6. The molecule has 0 saturated carbocycles. The van der Waals surface area contributed by atoms with E-state index < -0.39 is 0 Å². The van der Waals surface area contributed by atoms with Gasteiger partial charge in [0.15, 0.2) is 5.82 Å². The van der Waals surface area contributed by atoms with Crippen LogP contribution >= 0.6 is 0 Å². The number of hydrogen-bond donors (Lipinski definition) is 2. The molecular weight excluding hydrogens is 322 g/mol. The Morgan fingerprint density at radius 2 is 1.50 bits per heavy atom. The summed E-state index contributed by atoms with van der Waals surface area (Å²) >= 11 is 0. The van der Waals surface area contributed by atoms with Crippen molar-refractivity contribution in [2.45, 2.75) is 6.42 Å². The molecule has 0 aliphatic carbocycles. The molecule has 0 radical (unpaired) electrons. The molecule has 0 fully saturated rings. The average Bonchev–Trinajstić information content (AvgIpc) is 2.66. The average molecular weight is 347 g/mol. The molecule has 2 N–H and O–H groups in total. The van der Waals surface area contributed by atoms with Gasteiger partial charge in [-0.15, -0.1) is 0 Å². The van der Waals surface area contributed by atoms with Crippen LogP contribution < -0.4 is 10.6 Å². The molecular formula is C21H25N5. The van der Waals surface area contributed by atoms with E-state index in [-0.39, 0.29) is 0 Å². The summed E-state index contributed by atoms with van der Waals surface area (Å²) in [5.74, 6) is 2.32. The first-order valence-electron chi connectivity index (χ1n) is 8.86. The van der Waals surface area contributed by atoms with E-state index in [9.17, 15) is 0 Å². The smallest absolute Gasteiger partial charge is 0.163 e. The summed E-state index contributed by atoms with van der Waals surface area (Å²) < 4.78 is 0. The van der Waals surface area contributed by atoms with Crippen molar-refractivity contribution in [3.05, 3.63) is 66.7 Å². The number of anilines is 3. The van der Waals surface area contributed by atoms with E-state index in [1.54, 1.807) is 0 Å². The van der Waals surface area contributed by atoms with Crippen molar-refractivity contribution in [3.63, 3.8) is 0 Å². The third-order valence-corrected chi connectivity index (χ3v) is 3.89. The van der Waals surface area contributed by atoms with Gasteiger partial charge >= 0.3 is 0 Å². The standard InChI is InChI=1S/C21H25N5/c1-26(2)15-9-14-22-19-16-20(23-18-12-7-4-8-13-18)25-21(24-19)17-10-5-3-6-11-17/h3-8,10-13,16H,9,14-15H2,1-2H3,(H2,22,23,24,25). The molecule has 26 heavy (non-hydrogen) atoms. The van der Waals surface area contributed by atoms with Crippen molar-refractivity contribution < 1.29 is 0 Å².